The Morgan fingerprint density at radius 3 is 2.54 bits per heavy atom. The summed E-state index contributed by atoms with van der Waals surface area (Å²) in [5.41, 5.74) is 0. The third kappa shape index (κ3) is 5.06. The van der Waals surface area contributed by atoms with Gasteiger partial charge < -0.3 is 9.64 Å². The van der Waals surface area contributed by atoms with E-state index in [4.69, 9.17) is 4.74 Å². The Labute approximate surface area is 160 Å². The van der Waals surface area contributed by atoms with Gasteiger partial charge in [-0.3, -0.25) is 4.79 Å². The minimum atomic E-state index is -3.16. The molecule has 3 rings (SSSR count). The van der Waals surface area contributed by atoms with Crippen LogP contribution >= 0.6 is 11.3 Å². The highest BCUT2D eigenvalue weighted by molar-refractivity contribution is 7.88. The lowest BCUT2D eigenvalue weighted by molar-refractivity contribution is -0.141. The second-order valence-corrected chi connectivity index (χ2v) is 10.2. The molecule has 0 aliphatic carbocycles. The van der Waals surface area contributed by atoms with Crippen molar-refractivity contribution in [3.8, 4) is 0 Å². The molecule has 2 fully saturated rings. The molecular formula is C18H28N2O4S2. The van der Waals surface area contributed by atoms with Gasteiger partial charge in [0.25, 0.3) is 0 Å². The van der Waals surface area contributed by atoms with Crippen LogP contribution in [0.1, 0.15) is 30.6 Å². The Morgan fingerprint density at radius 1 is 1.27 bits per heavy atom. The van der Waals surface area contributed by atoms with E-state index in [-0.39, 0.29) is 17.9 Å². The smallest absolute Gasteiger partial charge is 0.226 e. The maximum absolute atomic E-state index is 13.2. The first kappa shape index (κ1) is 19.8. The number of ether oxygens (including phenoxy) is 1. The van der Waals surface area contributed by atoms with Crippen LogP contribution in [0.5, 0.6) is 0 Å². The number of sulfonamides is 1. The zero-order chi connectivity index (χ0) is 18.6. The molecule has 6 nitrogen and oxygen atoms in total. The van der Waals surface area contributed by atoms with Gasteiger partial charge in [0.05, 0.1) is 6.26 Å². The number of amides is 1. The molecule has 0 saturated carbocycles. The minimum Gasteiger partial charge on any atom is -0.381 e. The molecule has 0 bridgehead atoms. The van der Waals surface area contributed by atoms with E-state index in [1.807, 2.05) is 6.07 Å². The van der Waals surface area contributed by atoms with Crippen LogP contribution in [0.4, 0.5) is 0 Å². The highest BCUT2D eigenvalue weighted by Gasteiger charge is 2.34. The Balaban J connectivity index is 1.64. The normalized spacial score (nSPS) is 21.0. The van der Waals surface area contributed by atoms with Crippen LogP contribution in [0.2, 0.25) is 0 Å². The monoisotopic (exact) mass is 400 g/mol. The summed E-state index contributed by atoms with van der Waals surface area (Å²) in [7, 11) is -3.16. The standard InChI is InChI=1S/C18H28N2O4S2/c1-26(22,23)19-9-4-15(5-10-19)18(21)20(16-7-12-24-13-8-16)11-6-17-3-2-14-25-17/h2-3,14-16H,4-13H2,1H3. The van der Waals surface area contributed by atoms with Crippen LogP contribution in [0.15, 0.2) is 17.5 Å². The van der Waals surface area contributed by atoms with Gasteiger partial charge in [-0.05, 0) is 43.6 Å². The van der Waals surface area contributed by atoms with E-state index in [1.54, 1.807) is 11.3 Å². The van der Waals surface area contributed by atoms with Crippen molar-refractivity contribution >= 4 is 27.3 Å². The van der Waals surface area contributed by atoms with Gasteiger partial charge in [0, 0.05) is 49.7 Å². The molecule has 1 aromatic heterocycles. The molecule has 1 amide bonds. The van der Waals surface area contributed by atoms with Gasteiger partial charge in [-0.1, -0.05) is 6.07 Å². The van der Waals surface area contributed by atoms with Crippen LogP contribution in [-0.4, -0.2) is 68.7 Å². The topological polar surface area (TPSA) is 66.9 Å². The highest BCUT2D eigenvalue weighted by atomic mass is 32.2. The average Bonchev–Trinajstić information content (AvgIpc) is 3.15. The molecule has 8 heteroatoms. The van der Waals surface area contributed by atoms with E-state index in [2.05, 4.69) is 16.3 Å². The van der Waals surface area contributed by atoms with Crippen molar-refractivity contribution in [2.45, 2.75) is 38.1 Å². The van der Waals surface area contributed by atoms with Gasteiger partial charge in [0.1, 0.15) is 0 Å². The Hall–Kier alpha value is -0.960. The summed E-state index contributed by atoms with van der Waals surface area (Å²) in [5.74, 6) is 0.126. The second kappa shape index (κ2) is 8.82. The lowest BCUT2D eigenvalue weighted by atomic mass is 9.94. The molecule has 146 valence electrons. The van der Waals surface area contributed by atoms with E-state index in [0.717, 1.165) is 25.8 Å². The van der Waals surface area contributed by atoms with Crippen molar-refractivity contribution < 1.29 is 17.9 Å². The molecule has 0 spiro atoms. The van der Waals surface area contributed by atoms with Gasteiger partial charge in [0.15, 0.2) is 0 Å². The van der Waals surface area contributed by atoms with Gasteiger partial charge in [-0.15, -0.1) is 11.3 Å². The van der Waals surface area contributed by atoms with Crippen molar-refractivity contribution in [3.63, 3.8) is 0 Å². The summed E-state index contributed by atoms with van der Waals surface area (Å²) in [6.07, 6.45) is 5.12. The molecule has 0 N–H and O–H groups in total. The fraction of sp³-hybridized carbons (Fsp3) is 0.722. The van der Waals surface area contributed by atoms with Crippen LogP contribution < -0.4 is 0 Å². The quantitative estimate of drug-likeness (QED) is 0.732. The van der Waals surface area contributed by atoms with Crippen molar-refractivity contribution in [1.29, 1.82) is 0 Å². The van der Waals surface area contributed by atoms with Crippen LogP contribution in [0, 0.1) is 5.92 Å². The lowest BCUT2D eigenvalue weighted by Crippen LogP contribution is -2.49. The van der Waals surface area contributed by atoms with E-state index in [1.165, 1.54) is 15.4 Å². The number of nitrogens with zero attached hydrogens (tertiary/aromatic N) is 2. The van der Waals surface area contributed by atoms with E-state index < -0.39 is 10.0 Å². The lowest BCUT2D eigenvalue weighted by Gasteiger charge is -2.38. The molecule has 2 aliphatic heterocycles. The number of hydrogen-bond acceptors (Lipinski definition) is 5. The summed E-state index contributed by atoms with van der Waals surface area (Å²) < 4.78 is 30.3. The fourth-order valence-electron chi connectivity index (χ4n) is 3.82. The number of carbonyl (C=O) groups is 1. The molecule has 26 heavy (non-hydrogen) atoms. The number of piperidine rings is 1. The minimum absolute atomic E-state index is 0.0702. The van der Waals surface area contributed by atoms with Gasteiger partial charge in [-0.25, -0.2) is 12.7 Å². The zero-order valence-electron chi connectivity index (χ0n) is 15.3. The average molecular weight is 401 g/mol. The van der Waals surface area contributed by atoms with Crippen molar-refractivity contribution in [3.05, 3.63) is 22.4 Å². The van der Waals surface area contributed by atoms with E-state index in [9.17, 15) is 13.2 Å². The Kier molecular flexibility index (Phi) is 6.71. The van der Waals surface area contributed by atoms with Crippen LogP contribution in [0.25, 0.3) is 0 Å². The molecule has 0 atom stereocenters. The summed E-state index contributed by atoms with van der Waals surface area (Å²) in [6.45, 7) is 3.04. The summed E-state index contributed by atoms with van der Waals surface area (Å²) in [4.78, 5) is 16.6. The van der Waals surface area contributed by atoms with Crippen LogP contribution in [0.3, 0.4) is 0 Å². The predicted octanol–water partition coefficient (Wildman–Crippen LogP) is 1.97. The molecule has 3 heterocycles. The first-order valence-corrected chi connectivity index (χ1v) is 12.0. The molecule has 0 aromatic carbocycles. The third-order valence-electron chi connectivity index (χ3n) is 5.37. The first-order valence-electron chi connectivity index (χ1n) is 9.31. The summed E-state index contributed by atoms with van der Waals surface area (Å²) in [5, 5.41) is 2.07. The molecular weight excluding hydrogens is 372 g/mol. The van der Waals surface area contributed by atoms with Gasteiger partial charge in [-0.2, -0.15) is 0 Å². The maximum atomic E-state index is 13.2. The van der Waals surface area contributed by atoms with Crippen molar-refractivity contribution in [1.82, 2.24) is 9.21 Å². The molecule has 2 saturated heterocycles. The first-order chi connectivity index (χ1) is 12.4. The van der Waals surface area contributed by atoms with Gasteiger partial charge >= 0.3 is 0 Å². The Morgan fingerprint density at radius 2 is 1.96 bits per heavy atom. The number of carbonyl (C=O) groups excluding carboxylic acids is 1. The van der Waals surface area contributed by atoms with E-state index in [0.29, 0.717) is 39.1 Å². The SMILES string of the molecule is CS(=O)(=O)N1CCC(C(=O)N(CCc2cccs2)C2CCOCC2)CC1. The summed E-state index contributed by atoms with van der Waals surface area (Å²) in [6, 6.07) is 4.40. The second-order valence-electron chi connectivity index (χ2n) is 7.14. The highest BCUT2D eigenvalue weighted by Crippen LogP contribution is 2.25. The van der Waals surface area contributed by atoms with Gasteiger partial charge in [0.2, 0.25) is 15.9 Å². The maximum Gasteiger partial charge on any atom is 0.226 e. The van der Waals surface area contributed by atoms with Crippen LogP contribution in [-0.2, 0) is 26.0 Å². The number of rotatable bonds is 6. The number of thiophene rings is 1. The fourth-order valence-corrected chi connectivity index (χ4v) is 5.40. The third-order valence-corrected chi connectivity index (χ3v) is 7.61. The van der Waals surface area contributed by atoms with Crippen molar-refractivity contribution in [2.24, 2.45) is 5.92 Å². The molecule has 0 unspecified atom stereocenters. The predicted molar refractivity (Wildman–Crippen MR) is 103 cm³/mol. The Bertz CT molecular complexity index is 676. The molecule has 0 radical (unpaired) electrons. The molecule has 1 aromatic rings. The van der Waals surface area contributed by atoms with E-state index >= 15 is 0 Å². The molecule has 2 aliphatic rings. The van der Waals surface area contributed by atoms with Crippen molar-refractivity contribution in [2.75, 3.05) is 39.1 Å². The zero-order valence-corrected chi connectivity index (χ0v) is 16.9. The number of hydrogen-bond donors (Lipinski definition) is 0. The summed E-state index contributed by atoms with van der Waals surface area (Å²) >= 11 is 1.73. The largest absolute Gasteiger partial charge is 0.381 e.